The zero-order valence-electron chi connectivity index (χ0n) is 71.6. The molecule has 0 bridgehead atoms. The van der Waals surface area contributed by atoms with E-state index in [1.165, 1.54) is 81.7 Å². The van der Waals surface area contributed by atoms with Crippen LogP contribution in [0.2, 0.25) is 0 Å². The van der Waals surface area contributed by atoms with Crippen LogP contribution in [0.25, 0.3) is 18.2 Å². The minimum absolute atomic E-state index is 0.0491. The first-order valence-electron chi connectivity index (χ1n) is 39.8. The fourth-order valence-corrected chi connectivity index (χ4v) is 14.3. The summed E-state index contributed by atoms with van der Waals surface area (Å²) < 4.78 is 180. The second-order valence-corrected chi connectivity index (χ2v) is 33.4. The lowest BCUT2D eigenvalue weighted by atomic mass is 10.0. The van der Waals surface area contributed by atoms with Gasteiger partial charge in [-0.15, -0.1) is 0 Å². The standard InChI is InChI=1S/C19H19F2N3O2.C17H21F2NO2.C12H13F2N.C11H15F2O3P.C10H17NO3.C7H5BrF2.C6H15O3P.C5H7N3O/c1-23-18(25)3-2-17(22-23)12-19(26)24-6-4-13(5-7-24)8-14-9-15(20)11-16(21)10-14;1-17(2,3)22-16(21)20-6-4-12(5-7-20)8-13-9-14(18)11-15(19)10-13;13-11-6-10(7-12(14)8-11)5-9-1-3-15-4-2-9;1-3-15-17(14,16-4-2)8-9-5-10(12)7-11(13)6-9;1-10(2,3)14-9(13)11-6-4-8(12)5-7-11;8-4-5-1-6(9)3-7(10)2-5;1-4-7-10(8-5-2)9-6-3;1-8-5(9)3-2-4(6)7-8/h2-3,8-11H,4-7,12H2,1H3;8-11H,4-7H2,1-3H3;5-8,15H,1-4H2;5-7H,3-4,8H2,1-2H3;4-7H2,1-3H3;1-3H,4H2;4-6H2,1-3H3;2-3H,1H3,(H2,6,7). The predicted octanol–water partition coefficient (Wildman–Crippen LogP) is 19.3. The van der Waals surface area contributed by atoms with Gasteiger partial charge in [-0.3, -0.25) is 23.7 Å². The van der Waals surface area contributed by atoms with Crippen LogP contribution in [0.3, 0.4) is 0 Å². The molecule has 4 aliphatic rings. The van der Waals surface area contributed by atoms with Crippen molar-refractivity contribution in [1.82, 2.24) is 39.6 Å². The Hall–Kier alpha value is -9.24. The third-order valence-electron chi connectivity index (χ3n) is 16.9. The minimum atomic E-state index is -3.31. The summed E-state index contributed by atoms with van der Waals surface area (Å²) in [6.45, 7) is 27.6. The minimum Gasteiger partial charge on any atom is -0.444 e. The Morgan fingerprint density at radius 2 is 0.789 bits per heavy atom. The summed E-state index contributed by atoms with van der Waals surface area (Å²) in [6, 6.07) is 22.7. The molecule has 3 N–H and O–H groups in total. The summed E-state index contributed by atoms with van der Waals surface area (Å²) in [7, 11) is -1.28. The van der Waals surface area contributed by atoms with Crippen LogP contribution >= 0.6 is 32.1 Å². The highest BCUT2D eigenvalue weighted by molar-refractivity contribution is 9.08. The first-order chi connectivity index (χ1) is 58.0. The summed E-state index contributed by atoms with van der Waals surface area (Å²) in [5.41, 5.74) is 10.3. The zero-order chi connectivity index (χ0) is 91.6. The van der Waals surface area contributed by atoms with Crippen molar-refractivity contribution in [2.45, 2.75) is 157 Å². The number of nitrogens with zero attached hydrogens (tertiary/aromatic N) is 7. The Morgan fingerprint density at radius 3 is 1.11 bits per heavy atom. The second kappa shape index (κ2) is 54.5. The maximum atomic E-state index is 13.3. The number of nitrogen functional groups attached to an aromatic ring is 1. The van der Waals surface area contributed by atoms with E-state index in [0.29, 0.717) is 137 Å². The number of Topliss-reactive ketones (excluding diaryl/α,β-unsaturated/α-hetero) is 1. The van der Waals surface area contributed by atoms with Crippen LogP contribution in [-0.2, 0) is 78.3 Å². The molecular formula is C87H112BrF10N9O14P2. The fourth-order valence-electron chi connectivity index (χ4n) is 11.5. The lowest BCUT2D eigenvalue weighted by molar-refractivity contribution is -0.131. The smallest absolute Gasteiger partial charge is 0.410 e. The van der Waals surface area contributed by atoms with Crippen LogP contribution in [0.4, 0.5) is 59.3 Å². The zero-order valence-corrected chi connectivity index (χ0v) is 75.0. The number of carbonyl (C=O) groups excluding carboxylic acids is 4. The van der Waals surface area contributed by atoms with Crippen LogP contribution in [0.1, 0.15) is 161 Å². The van der Waals surface area contributed by atoms with E-state index in [0.717, 1.165) is 79.5 Å². The Kier molecular flexibility index (Phi) is 47.0. The van der Waals surface area contributed by atoms with Crippen molar-refractivity contribution in [1.29, 1.82) is 0 Å². The maximum Gasteiger partial charge on any atom is 0.410 e. The molecule has 4 aliphatic heterocycles. The number of benzene rings is 5. The number of alkyl halides is 1. The molecule has 0 unspecified atom stereocenters. The topological polar surface area (TPSA) is 268 Å². The van der Waals surface area contributed by atoms with E-state index in [4.69, 9.17) is 37.8 Å². The van der Waals surface area contributed by atoms with Gasteiger partial charge in [-0.25, -0.2) is 62.9 Å². The van der Waals surface area contributed by atoms with Gasteiger partial charge >= 0.3 is 28.4 Å². The van der Waals surface area contributed by atoms with Crippen LogP contribution in [0.15, 0.2) is 142 Å². The summed E-state index contributed by atoms with van der Waals surface area (Å²) in [6.07, 6.45) is 10.3. The highest BCUT2D eigenvalue weighted by Crippen LogP contribution is 2.51. The highest BCUT2D eigenvalue weighted by Gasteiger charge is 2.29. The van der Waals surface area contributed by atoms with Crippen LogP contribution in [0, 0.1) is 58.2 Å². The van der Waals surface area contributed by atoms with E-state index in [9.17, 15) is 77.2 Å². The number of carbonyl (C=O) groups is 4. The van der Waals surface area contributed by atoms with Gasteiger partial charge in [0.2, 0.25) is 5.91 Å². The van der Waals surface area contributed by atoms with E-state index in [1.54, 1.807) is 60.9 Å². The Labute approximate surface area is 722 Å². The van der Waals surface area contributed by atoms with Gasteiger partial charge in [0.05, 0.1) is 51.3 Å². The summed E-state index contributed by atoms with van der Waals surface area (Å²) in [5, 5.41) is 11.4. The Balaban J connectivity index is 0.000000303. The molecule has 0 atom stereocenters. The average molecular weight is 1840 g/mol. The van der Waals surface area contributed by atoms with Crippen molar-refractivity contribution in [2.24, 2.45) is 14.1 Å². The molecule has 0 saturated carbocycles. The monoisotopic (exact) mass is 1840 g/mol. The summed E-state index contributed by atoms with van der Waals surface area (Å²) >= 11 is 3.09. The number of nitrogens with one attached hydrogen (secondary N) is 1. The van der Waals surface area contributed by atoms with Gasteiger partial charge in [0, 0.05) is 114 Å². The first-order valence-corrected chi connectivity index (χ1v) is 43.7. The molecule has 2 aromatic heterocycles. The number of amides is 3. The number of hydrogen-bond acceptors (Lipinski definition) is 18. The highest BCUT2D eigenvalue weighted by atomic mass is 79.9. The normalized spacial score (nSPS) is 13.9. The molecular weight excluding hydrogens is 1730 g/mol. The molecule has 36 heteroatoms. The Bertz CT molecular complexity index is 4660. The van der Waals surface area contributed by atoms with Crippen molar-refractivity contribution in [3.63, 3.8) is 0 Å². The number of hydrogen-bond donors (Lipinski definition) is 2. The molecule has 11 rings (SSSR count). The van der Waals surface area contributed by atoms with E-state index < -0.39 is 85.6 Å². The van der Waals surface area contributed by atoms with E-state index in [1.807, 2.05) is 68.4 Å². The number of piperidine rings is 4. The molecule has 6 heterocycles. The molecule has 0 aliphatic carbocycles. The van der Waals surface area contributed by atoms with Crippen molar-refractivity contribution in [3.05, 3.63) is 244 Å². The van der Waals surface area contributed by atoms with Gasteiger partial charge in [-0.1, -0.05) is 50.9 Å². The van der Waals surface area contributed by atoms with E-state index >= 15 is 0 Å². The maximum absolute atomic E-state index is 13.3. The number of nitrogens with two attached hydrogens (primary N) is 1. The van der Waals surface area contributed by atoms with Crippen LogP contribution < -0.4 is 22.2 Å². The summed E-state index contributed by atoms with van der Waals surface area (Å²) in [5.74, 6) is -5.36. The molecule has 7 aromatic rings. The molecule has 0 spiro atoms. The summed E-state index contributed by atoms with van der Waals surface area (Å²) in [4.78, 5) is 73.8. The number of rotatable bonds is 18. The van der Waals surface area contributed by atoms with Crippen molar-refractivity contribution >= 4 is 80.1 Å². The number of aryl methyl sites for hydroxylation is 2. The lowest BCUT2D eigenvalue weighted by Gasteiger charge is -2.31. The average Bonchev–Trinajstić information content (AvgIpc) is 0.855. The number of aromatic nitrogens is 4. The molecule has 5 aromatic carbocycles. The predicted molar refractivity (Wildman–Crippen MR) is 459 cm³/mol. The second-order valence-electron chi connectivity index (χ2n) is 29.6. The molecule has 23 nitrogen and oxygen atoms in total. The molecule has 0 radical (unpaired) electrons. The first kappa shape index (κ1) is 106. The van der Waals surface area contributed by atoms with E-state index in [2.05, 4.69) is 31.4 Å². The van der Waals surface area contributed by atoms with Crippen molar-refractivity contribution in [2.75, 3.05) is 91.1 Å². The molecule has 123 heavy (non-hydrogen) atoms. The number of ketones is 1. The van der Waals surface area contributed by atoms with Gasteiger partial charge in [0.1, 0.15) is 81.0 Å². The van der Waals surface area contributed by atoms with Gasteiger partial charge in [0.25, 0.3) is 11.1 Å². The van der Waals surface area contributed by atoms with Gasteiger partial charge in [0.15, 0.2) is 0 Å². The fraction of sp³-hybridized carbons (Fsp3) is 0.448. The molecule has 4 fully saturated rings. The van der Waals surface area contributed by atoms with Crippen molar-refractivity contribution < 1.29 is 99.7 Å². The van der Waals surface area contributed by atoms with E-state index in [-0.39, 0.29) is 66.4 Å². The number of anilines is 1. The van der Waals surface area contributed by atoms with Crippen molar-refractivity contribution in [3.8, 4) is 0 Å². The molecule has 676 valence electrons. The third kappa shape index (κ3) is 44.3. The molecule has 3 amide bonds. The molecule has 4 saturated heterocycles. The largest absolute Gasteiger partial charge is 0.444 e. The van der Waals surface area contributed by atoms with Crippen LogP contribution in [0.5, 0.6) is 0 Å². The number of ether oxygens (including phenoxy) is 2. The Morgan fingerprint density at radius 1 is 0.463 bits per heavy atom. The SMILES string of the molecule is CC(C)(C)OC(=O)N1CCC(=Cc2cc(F)cc(F)c2)CC1.CC(C)(C)OC(=O)N1CCC(=O)CC1.CCOP(=O)(Cc1cc(F)cc(F)c1)OCC.CCOP(OCC)OCC.Cn1nc(CC(=O)N2CCC(=Cc3cc(F)cc(F)c3)CC2)ccc1=O.Cn1nc(N)ccc1=O.Fc1cc(F)cc(C=C2CCNCC2)c1.Fc1cc(F)cc(CBr)c1. The van der Waals surface area contributed by atoms with Gasteiger partial charge < -0.3 is 57.8 Å². The van der Waals surface area contributed by atoms with Crippen LogP contribution in [-0.4, -0.2) is 155 Å². The number of halogens is 11. The quantitative estimate of drug-likeness (QED) is 0.0459. The lowest BCUT2D eigenvalue weighted by Crippen LogP contribution is -2.41. The van der Waals surface area contributed by atoms with Gasteiger partial charge in [-0.05, 0) is 228 Å². The van der Waals surface area contributed by atoms with Gasteiger partial charge in [-0.2, -0.15) is 10.2 Å². The number of likely N-dealkylation sites (tertiary alicyclic amines) is 3. The third-order valence-corrected chi connectivity index (χ3v) is 21.0.